The number of halogens is 3. The van der Waals surface area contributed by atoms with Gasteiger partial charge in [0.15, 0.2) is 0 Å². The zero-order valence-electron chi connectivity index (χ0n) is 10.9. The van der Waals surface area contributed by atoms with Gasteiger partial charge in [0.25, 0.3) is 0 Å². The Hall–Kier alpha value is -1.29. The van der Waals surface area contributed by atoms with Gasteiger partial charge in [-0.3, -0.25) is 0 Å². The van der Waals surface area contributed by atoms with Gasteiger partial charge in [-0.25, -0.2) is 4.39 Å². The van der Waals surface area contributed by atoms with Crippen molar-refractivity contribution in [1.82, 2.24) is 0 Å². The number of benzene rings is 2. The second-order valence-electron chi connectivity index (χ2n) is 4.41. The molecule has 0 saturated carbocycles. The Morgan fingerprint density at radius 1 is 1.20 bits per heavy atom. The van der Waals surface area contributed by atoms with E-state index >= 15 is 0 Å². The third-order valence-corrected chi connectivity index (χ3v) is 3.69. The molecule has 1 unspecified atom stereocenters. The maximum absolute atomic E-state index is 13.6. The fourth-order valence-electron chi connectivity index (χ4n) is 2.00. The molecule has 2 aromatic rings. The van der Waals surface area contributed by atoms with Gasteiger partial charge in [-0.2, -0.15) is 0 Å². The molecule has 2 rings (SSSR count). The van der Waals surface area contributed by atoms with Crippen molar-refractivity contribution < 1.29 is 9.13 Å². The molecule has 0 spiro atoms. The van der Waals surface area contributed by atoms with Crippen molar-refractivity contribution in [3.8, 4) is 5.75 Å². The Kier molecular flexibility index (Phi) is 4.86. The summed E-state index contributed by atoms with van der Waals surface area (Å²) in [5.41, 5.74) is 7.32. The summed E-state index contributed by atoms with van der Waals surface area (Å²) in [6, 6.07) is 9.35. The molecule has 2 nitrogen and oxygen atoms in total. The maximum atomic E-state index is 13.6. The van der Waals surface area contributed by atoms with E-state index in [-0.39, 0.29) is 5.82 Å². The standard InChI is InChI=1S/C15H14Cl2FNO/c1-20-15-8-11(16)10(7-12(15)17)14(19)6-9-4-2-3-5-13(9)18/h2-5,7-8,14H,6,19H2,1H3. The molecule has 0 bridgehead atoms. The van der Waals surface area contributed by atoms with Crippen LogP contribution in [0.1, 0.15) is 17.2 Å². The van der Waals surface area contributed by atoms with Crippen molar-refractivity contribution >= 4 is 23.2 Å². The SMILES string of the molecule is COc1cc(Cl)c(C(N)Cc2ccccc2F)cc1Cl. The van der Waals surface area contributed by atoms with Crippen molar-refractivity contribution in [3.05, 3.63) is 63.4 Å². The highest BCUT2D eigenvalue weighted by Gasteiger charge is 2.16. The third-order valence-electron chi connectivity index (χ3n) is 3.07. The van der Waals surface area contributed by atoms with E-state index in [1.165, 1.54) is 13.2 Å². The van der Waals surface area contributed by atoms with Gasteiger partial charge in [0.05, 0.1) is 12.1 Å². The summed E-state index contributed by atoms with van der Waals surface area (Å²) in [5, 5.41) is 0.881. The van der Waals surface area contributed by atoms with E-state index in [9.17, 15) is 4.39 Å². The van der Waals surface area contributed by atoms with Gasteiger partial charge >= 0.3 is 0 Å². The first-order valence-corrected chi connectivity index (χ1v) is 6.80. The van der Waals surface area contributed by atoms with Crippen LogP contribution < -0.4 is 10.5 Å². The minimum Gasteiger partial charge on any atom is -0.495 e. The highest BCUT2D eigenvalue weighted by Crippen LogP contribution is 2.34. The van der Waals surface area contributed by atoms with Crippen molar-refractivity contribution in [3.63, 3.8) is 0 Å². The number of methoxy groups -OCH3 is 1. The average molecular weight is 314 g/mol. The summed E-state index contributed by atoms with van der Waals surface area (Å²) < 4.78 is 18.7. The van der Waals surface area contributed by atoms with E-state index < -0.39 is 6.04 Å². The zero-order valence-corrected chi connectivity index (χ0v) is 12.4. The second-order valence-corrected chi connectivity index (χ2v) is 5.22. The molecule has 2 N–H and O–H groups in total. The molecule has 0 amide bonds. The highest BCUT2D eigenvalue weighted by atomic mass is 35.5. The highest BCUT2D eigenvalue weighted by molar-refractivity contribution is 6.34. The van der Waals surface area contributed by atoms with Crippen LogP contribution in [-0.2, 0) is 6.42 Å². The molecule has 0 saturated heterocycles. The van der Waals surface area contributed by atoms with Gasteiger partial charge in [0.1, 0.15) is 11.6 Å². The lowest BCUT2D eigenvalue weighted by molar-refractivity contribution is 0.415. The van der Waals surface area contributed by atoms with E-state index in [4.69, 9.17) is 33.7 Å². The number of ether oxygens (including phenoxy) is 1. The first-order chi connectivity index (χ1) is 9.52. The Bertz CT molecular complexity index is 619. The zero-order chi connectivity index (χ0) is 14.7. The first-order valence-electron chi connectivity index (χ1n) is 6.05. The summed E-state index contributed by atoms with van der Waals surface area (Å²) in [7, 11) is 1.51. The normalized spacial score (nSPS) is 12.2. The fourth-order valence-corrected chi connectivity index (χ4v) is 2.54. The summed E-state index contributed by atoms with van der Waals surface area (Å²) in [6.45, 7) is 0. The molecule has 20 heavy (non-hydrogen) atoms. The van der Waals surface area contributed by atoms with Crippen LogP contribution in [0.2, 0.25) is 10.0 Å². The Balaban J connectivity index is 2.28. The third kappa shape index (κ3) is 3.23. The second kappa shape index (κ2) is 6.44. The van der Waals surface area contributed by atoms with Gasteiger partial charge < -0.3 is 10.5 Å². The molecular formula is C15H14Cl2FNO. The molecule has 0 aliphatic rings. The molecule has 0 aromatic heterocycles. The lowest BCUT2D eigenvalue weighted by Crippen LogP contribution is -2.15. The van der Waals surface area contributed by atoms with Crippen LogP contribution in [0, 0.1) is 5.82 Å². The van der Waals surface area contributed by atoms with Crippen molar-refractivity contribution in [1.29, 1.82) is 0 Å². The molecule has 0 aliphatic heterocycles. The summed E-state index contributed by atoms with van der Waals surface area (Å²) >= 11 is 12.2. The van der Waals surface area contributed by atoms with Gasteiger partial charge in [-0.1, -0.05) is 41.4 Å². The topological polar surface area (TPSA) is 35.2 Å². The lowest BCUT2D eigenvalue weighted by atomic mass is 9.99. The summed E-state index contributed by atoms with van der Waals surface area (Å²) in [5.74, 6) is 0.206. The van der Waals surface area contributed by atoms with Crippen molar-refractivity contribution in [2.45, 2.75) is 12.5 Å². The Morgan fingerprint density at radius 2 is 1.90 bits per heavy atom. The van der Waals surface area contributed by atoms with Crippen LogP contribution in [0.3, 0.4) is 0 Å². The van der Waals surface area contributed by atoms with Gasteiger partial charge in [0.2, 0.25) is 0 Å². The number of hydrogen-bond acceptors (Lipinski definition) is 2. The van der Waals surface area contributed by atoms with Gasteiger partial charge in [-0.05, 0) is 29.7 Å². The lowest BCUT2D eigenvalue weighted by Gasteiger charge is -2.16. The van der Waals surface area contributed by atoms with Crippen LogP contribution in [-0.4, -0.2) is 7.11 Å². The summed E-state index contributed by atoms with van der Waals surface area (Å²) in [6.07, 6.45) is 0.342. The molecule has 0 aliphatic carbocycles. The monoisotopic (exact) mass is 313 g/mol. The van der Waals surface area contributed by atoms with Crippen LogP contribution in [0.15, 0.2) is 36.4 Å². The molecular weight excluding hydrogens is 300 g/mol. The summed E-state index contributed by atoms with van der Waals surface area (Å²) in [4.78, 5) is 0. The molecule has 2 aromatic carbocycles. The number of nitrogens with two attached hydrogens (primary N) is 1. The smallest absolute Gasteiger partial charge is 0.138 e. The first kappa shape index (κ1) is 15.1. The van der Waals surface area contributed by atoms with E-state index in [2.05, 4.69) is 0 Å². The minimum atomic E-state index is -0.442. The molecule has 0 radical (unpaired) electrons. The van der Waals surface area contributed by atoms with Gasteiger partial charge in [0, 0.05) is 17.1 Å². The maximum Gasteiger partial charge on any atom is 0.138 e. The number of hydrogen-bond donors (Lipinski definition) is 1. The van der Waals surface area contributed by atoms with Crippen molar-refractivity contribution in [2.75, 3.05) is 7.11 Å². The Morgan fingerprint density at radius 3 is 2.55 bits per heavy atom. The molecule has 0 heterocycles. The van der Waals surface area contributed by atoms with Crippen LogP contribution in [0.25, 0.3) is 0 Å². The number of rotatable bonds is 4. The van der Waals surface area contributed by atoms with E-state index in [1.54, 1.807) is 30.3 Å². The molecule has 106 valence electrons. The quantitative estimate of drug-likeness (QED) is 0.909. The largest absolute Gasteiger partial charge is 0.495 e. The van der Waals surface area contributed by atoms with E-state index in [0.29, 0.717) is 33.3 Å². The Labute approximate surface area is 127 Å². The minimum absolute atomic E-state index is 0.279. The van der Waals surface area contributed by atoms with E-state index in [1.807, 2.05) is 0 Å². The van der Waals surface area contributed by atoms with Crippen LogP contribution in [0.5, 0.6) is 5.75 Å². The molecule has 5 heteroatoms. The van der Waals surface area contributed by atoms with Crippen molar-refractivity contribution in [2.24, 2.45) is 5.73 Å². The average Bonchev–Trinajstić information content (AvgIpc) is 2.43. The molecule has 1 atom stereocenters. The molecule has 0 fully saturated rings. The van der Waals surface area contributed by atoms with Crippen LogP contribution in [0.4, 0.5) is 4.39 Å². The predicted molar refractivity (Wildman–Crippen MR) is 80.0 cm³/mol. The van der Waals surface area contributed by atoms with E-state index in [0.717, 1.165) is 0 Å². The predicted octanol–water partition coefficient (Wildman–Crippen LogP) is 4.38. The van der Waals surface area contributed by atoms with Gasteiger partial charge in [-0.15, -0.1) is 0 Å². The fraction of sp³-hybridized carbons (Fsp3) is 0.200. The van der Waals surface area contributed by atoms with Crippen LogP contribution >= 0.6 is 23.2 Å².